The predicted molar refractivity (Wildman–Crippen MR) is 78.2 cm³/mol. The number of carbonyl (C=O) groups is 2. The van der Waals surface area contributed by atoms with E-state index < -0.39 is 0 Å². The number of pyridine rings is 1. The van der Waals surface area contributed by atoms with Crippen LogP contribution in [0.5, 0.6) is 5.75 Å². The van der Waals surface area contributed by atoms with Crippen LogP contribution < -0.4 is 15.4 Å². The van der Waals surface area contributed by atoms with E-state index in [9.17, 15) is 9.59 Å². The zero-order valence-electron chi connectivity index (χ0n) is 11.5. The Morgan fingerprint density at radius 2 is 2.10 bits per heavy atom. The monoisotopic (exact) mass is 285 g/mol. The first kappa shape index (κ1) is 14.5. The van der Waals surface area contributed by atoms with Crippen LogP contribution in [0.2, 0.25) is 0 Å². The third-order valence-electron chi connectivity index (χ3n) is 2.69. The topological polar surface area (TPSA) is 80.3 Å². The Morgan fingerprint density at radius 3 is 2.81 bits per heavy atom. The van der Waals surface area contributed by atoms with Crippen LogP contribution >= 0.6 is 0 Å². The van der Waals surface area contributed by atoms with Crippen molar-refractivity contribution in [2.24, 2.45) is 0 Å². The first-order valence-corrected chi connectivity index (χ1v) is 6.31. The summed E-state index contributed by atoms with van der Waals surface area (Å²) in [7, 11) is 1.55. The van der Waals surface area contributed by atoms with Crippen molar-refractivity contribution in [1.29, 1.82) is 0 Å². The fourth-order valence-electron chi connectivity index (χ4n) is 1.67. The van der Waals surface area contributed by atoms with Crippen molar-refractivity contribution in [3.05, 3.63) is 54.4 Å². The Hall–Kier alpha value is -2.89. The van der Waals surface area contributed by atoms with Gasteiger partial charge >= 0.3 is 0 Å². The number of rotatable bonds is 5. The highest BCUT2D eigenvalue weighted by molar-refractivity contribution is 5.99. The lowest BCUT2D eigenvalue weighted by Gasteiger charge is -2.08. The smallest absolute Gasteiger partial charge is 0.253 e. The lowest BCUT2D eigenvalue weighted by atomic mass is 10.2. The quantitative estimate of drug-likeness (QED) is 0.871. The highest BCUT2D eigenvalue weighted by Gasteiger charge is 2.08. The maximum atomic E-state index is 11.8. The number of aromatic nitrogens is 1. The van der Waals surface area contributed by atoms with Gasteiger partial charge in [-0.2, -0.15) is 0 Å². The van der Waals surface area contributed by atoms with Gasteiger partial charge in [0.25, 0.3) is 5.91 Å². The van der Waals surface area contributed by atoms with Gasteiger partial charge in [-0.25, -0.2) is 0 Å². The maximum Gasteiger partial charge on any atom is 0.253 e. The summed E-state index contributed by atoms with van der Waals surface area (Å²) in [6, 6.07) is 10.3. The van der Waals surface area contributed by atoms with Crippen molar-refractivity contribution in [2.75, 3.05) is 19.0 Å². The third-order valence-corrected chi connectivity index (χ3v) is 2.69. The molecule has 2 aromatic rings. The first-order valence-electron chi connectivity index (χ1n) is 6.31. The number of nitrogens with zero attached hydrogens (tertiary/aromatic N) is 1. The average Bonchev–Trinajstić information content (AvgIpc) is 2.53. The number of nitrogens with one attached hydrogen (secondary N) is 2. The first-order chi connectivity index (χ1) is 10.2. The summed E-state index contributed by atoms with van der Waals surface area (Å²) in [6.07, 6.45) is 3.02. The summed E-state index contributed by atoms with van der Waals surface area (Å²) < 4.78 is 5.06. The number of carbonyl (C=O) groups excluding carboxylic acids is 2. The molecule has 0 aliphatic heterocycles. The minimum atomic E-state index is -0.344. The number of anilines is 1. The Labute approximate surface area is 122 Å². The number of amides is 2. The van der Waals surface area contributed by atoms with Crippen LogP contribution in [0.1, 0.15) is 10.4 Å². The second-order valence-electron chi connectivity index (χ2n) is 4.20. The zero-order chi connectivity index (χ0) is 15.1. The van der Waals surface area contributed by atoms with Gasteiger partial charge in [0.1, 0.15) is 5.75 Å². The van der Waals surface area contributed by atoms with Crippen molar-refractivity contribution in [3.8, 4) is 5.75 Å². The van der Waals surface area contributed by atoms with Gasteiger partial charge in [-0.05, 0) is 24.3 Å². The Kier molecular flexibility index (Phi) is 4.87. The molecule has 0 bridgehead atoms. The Bertz CT molecular complexity index is 629. The van der Waals surface area contributed by atoms with Crippen LogP contribution in [0, 0.1) is 0 Å². The fourth-order valence-corrected chi connectivity index (χ4v) is 1.67. The van der Waals surface area contributed by atoms with Crippen LogP contribution in [0.3, 0.4) is 0 Å². The molecule has 2 amide bonds. The molecule has 0 saturated heterocycles. The Balaban J connectivity index is 1.86. The molecule has 0 radical (unpaired) electrons. The zero-order valence-corrected chi connectivity index (χ0v) is 11.5. The molecule has 2 N–H and O–H groups in total. The number of hydrogen-bond donors (Lipinski definition) is 2. The molecule has 2 rings (SSSR count). The standard InChI is InChI=1S/C15H15N3O3/c1-21-13-6-2-5-12(8-13)18-14(19)10-17-15(20)11-4-3-7-16-9-11/h2-9H,10H2,1H3,(H,17,20)(H,18,19). The molecule has 0 aliphatic rings. The van der Waals surface area contributed by atoms with E-state index in [-0.39, 0.29) is 18.4 Å². The number of ether oxygens (including phenoxy) is 1. The van der Waals surface area contributed by atoms with Crippen LogP contribution in [0.25, 0.3) is 0 Å². The van der Waals surface area contributed by atoms with Crippen LogP contribution in [0.4, 0.5) is 5.69 Å². The summed E-state index contributed by atoms with van der Waals surface area (Å²) in [5.74, 6) is -0.0171. The second kappa shape index (κ2) is 7.04. The molecular formula is C15H15N3O3. The van der Waals surface area contributed by atoms with E-state index >= 15 is 0 Å². The van der Waals surface area contributed by atoms with E-state index in [0.717, 1.165) is 0 Å². The largest absolute Gasteiger partial charge is 0.497 e. The molecule has 0 aliphatic carbocycles. The highest BCUT2D eigenvalue weighted by Crippen LogP contribution is 2.16. The van der Waals surface area contributed by atoms with Crippen molar-refractivity contribution < 1.29 is 14.3 Å². The predicted octanol–water partition coefficient (Wildman–Crippen LogP) is 1.46. The molecule has 1 aromatic heterocycles. The summed E-state index contributed by atoms with van der Waals surface area (Å²) in [5, 5.41) is 5.20. The number of hydrogen-bond acceptors (Lipinski definition) is 4. The van der Waals surface area contributed by atoms with Gasteiger partial charge in [0.05, 0.1) is 19.2 Å². The van der Waals surface area contributed by atoms with Gasteiger partial charge in [-0.15, -0.1) is 0 Å². The molecular weight excluding hydrogens is 270 g/mol. The van der Waals surface area contributed by atoms with Gasteiger partial charge in [0, 0.05) is 24.1 Å². The van der Waals surface area contributed by atoms with E-state index in [0.29, 0.717) is 17.0 Å². The van der Waals surface area contributed by atoms with Crippen molar-refractivity contribution in [1.82, 2.24) is 10.3 Å². The van der Waals surface area contributed by atoms with E-state index in [2.05, 4.69) is 15.6 Å². The fraction of sp³-hybridized carbons (Fsp3) is 0.133. The minimum Gasteiger partial charge on any atom is -0.497 e. The molecule has 0 saturated carbocycles. The molecule has 1 heterocycles. The Morgan fingerprint density at radius 1 is 1.24 bits per heavy atom. The number of benzene rings is 1. The molecule has 21 heavy (non-hydrogen) atoms. The van der Waals surface area contributed by atoms with Crippen molar-refractivity contribution in [2.45, 2.75) is 0 Å². The minimum absolute atomic E-state index is 0.120. The van der Waals surface area contributed by atoms with Crippen LogP contribution in [0.15, 0.2) is 48.8 Å². The van der Waals surface area contributed by atoms with Gasteiger partial charge in [-0.3, -0.25) is 14.6 Å². The molecule has 0 fully saturated rings. The van der Waals surface area contributed by atoms with Crippen molar-refractivity contribution in [3.63, 3.8) is 0 Å². The molecule has 0 spiro atoms. The van der Waals surface area contributed by atoms with Gasteiger partial charge in [0.2, 0.25) is 5.91 Å². The normalized spacial score (nSPS) is 9.76. The summed E-state index contributed by atoms with van der Waals surface area (Å²) in [4.78, 5) is 27.4. The lowest BCUT2D eigenvalue weighted by Crippen LogP contribution is -2.32. The molecule has 6 nitrogen and oxygen atoms in total. The SMILES string of the molecule is COc1cccc(NC(=O)CNC(=O)c2cccnc2)c1. The summed E-state index contributed by atoms with van der Waals surface area (Å²) in [5.41, 5.74) is 1.02. The van der Waals surface area contributed by atoms with Gasteiger partial charge in [0.15, 0.2) is 0 Å². The molecule has 0 unspecified atom stereocenters. The maximum absolute atomic E-state index is 11.8. The highest BCUT2D eigenvalue weighted by atomic mass is 16.5. The summed E-state index contributed by atoms with van der Waals surface area (Å²) in [6.45, 7) is -0.120. The average molecular weight is 285 g/mol. The van der Waals surface area contributed by atoms with E-state index in [1.54, 1.807) is 49.7 Å². The van der Waals surface area contributed by atoms with E-state index in [1.165, 1.54) is 6.20 Å². The second-order valence-corrected chi connectivity index (χ2v) is 4.20. The molecule has 0 atom stereocenters. The van der Waals surface area contributed by atoms with Gasteiger partial charge in [-0.1, -0.05) is 6.07 Å². The number of methoxy groups -OCH3 is 1. The summed E-state index contributed by atoms with van der Waals surface area (Å²) >= 11 is 0. The molecule has 1 aromatic carbocycles. The molecule has 6 heteroatoms. The molecule has 108 valence electrons. The van der Waals surface area contributed by atoms with Crippen LogP contribution in [-0.4, -0.2) is 30.5 Å². The van der Waals surface area contributed by atoms with E-state index in [1.807, 2.05) is 0 Å². The van der Waals surface area contributed by atoms with E-state index in [4.69, 9.17) is 4.74 Å². The lowest BCUT2D eigenvalue weighted by molar-refractivity contribution is -0.115. The van der Waals surface area contributed by atoms with Crippen LogP contribution in [-0.2, 0) is 4.79 Å². The third kappa shape index (κ3) is 4.31. The van der Waals surface area contributed by atoms with Crippen molar-refractivity contribution >= 4 is 17.5 Å². The van der Waals surface area contributed by atoms with Gasteiger partial charge < -0.3 is 15.4 Å².